The maximum Gasteiger partial charge on any atom is 0.0568 e. The Balaban J connectivity index is 2.08. The van der Waals surface area contributed by atoms with Crippen LogP contribution < -0.4 is 16.8 Å². The van der Waals surface area contributed by atoms with Crippen molar-refractivity contribution in [2.24, 2.45) is 5.92 Å². The number of rotatable bonds is 2. The van der Waals surface area contributed by atoms with Crippen molar-refractivity contribution >= 4 is 17.1 Å². The van der Waals surface area contributed by atoms with Crippen LogP contribution in [-0.4, -0.2) is 6.04 Å². The van der Waals surface area contributed by atoms with Gasteiger partial charge in [-0.2, -0.15) is 0 Å². The van der Waals surface area contributed by atoms with E-state index in [1.807, 2.05) is 18.2 Å². The first-order valence-electron chi connectivity index (χ1n) is 4.58. The minimum absolute atomic E-state index is 0.628. The van der Waals surface area contributed by atoms with Gasteiger partial charge < -0.3 is 16.8 Å². The first kappa shape index (κ1) is 8.23. The fourth-order valence-electron chi connectivity index (χ4n) is 1.40. The summed E-state index contributed by atoms with van der Waals surface area (Å²) >= 11 is 0. The van der Waals surface area contributed by atoms with Crippen molar-refractivity contribution in [1.82, 2.24) is 0 Å². The largest absolute Gasteiger partial charge is 0.397 e. The highest BCUT2D eigenvalue weighted by molar-refractivity contribution is 5.69. The zero-order valence-corrected chi connectivity index (χ0v) is 7.75. The number of benzene rings is 1. The van der Waals surface area contributed by atoms with Crippen molar-refractivity contribution in [3.63, 3.8) is 0 Å². The Morgan fingerprint density at radius 1 is 1.31 bits per heavy atom. The molecule has 5 N–H and O–H groups in total. The Morgan fingerprint density at radius 2 is 2.00 bits per heavy atom. The molecule has 0 heterocycles. The number of hydrogen-bond acceptors (Lipinski definition) is 3. The summed E-state index contributed by atoms with van der Waals surface area (Å²) in [7, 11) is 0. The van der Waals surface area contributed by atoms with Gasteiger partial charge in [-0.15, -0.1) is 0 Å². The highest BCUT2D eigenvalue weighted by Gasteiger charge is 2.32. The molecule has 1 fully saturated rings. The van der Waals surface area contributed by atoms with E-state index >= 15 is 0 Å². The Bertz CT molecular complexity index is 322. The lowest BCUT2D eigenvalue weighted by molar-refractivity contribution is 0.929. The summed E-state index contributed by atoms with van der Waals surface area (Å²) in [5.41, 5.74) is 13.7. The summed E-state index contributed by atoms with van der Waals surface area (Å²) in [5.74, 6) is 0.791. The van der Waals surface area contributed by atoms with Gasteiger partial charge in [-0.05, 0) is 30.5 Å². The molecular weight excluding hydrogens is 162 g/mol. The molecule has 13 heavy (non-hydrogen) atoms. The summed E-state index contributed by atoms with van der Waals surface area (Å²) in [6, 6.07) is 6.32. The quantitative estimate of drug-likeness (QED) is 0.602. The predicted molar refractivity (Wildman–Crippen MR) is 56.5 cm³/mol. The first-order chi connectivity index (χ1) is 6.16. The van der Waals surface area contributed by atoms with Gasteiger partial charge in [0.05, 0.1) is 11.4 Å². The van der Waals surface area contributed by atoms with Gasteiger partial charge in [-0.1, -0.05) is 6.92 Å². The standard InChI is InChI=1S/C10H15N3/c1-6-4-10(6)13-7-2-3-8(11)9(12)5-7/h2-3,5-6,10,13H,4,11-12H2,1H3. The van der Waals surface area contributed by atoms with Crippen molar-refractivity contribution in [2.45, 2.75) is 19.4 Å². The highest BCUT2D eigenvalue weighted by Crippen LogP contribution is 2.33. The average molecular weight is 177 g/mol. The second-order valence-corrected chi connectivity index (χ2v) is 3.81. The normalized spacial score (nSPS) is 25.6. The van der Waals surface area contributed by atoms with Crippen molar-refractivity contribution in [2.75, 3.05) is 16.8 Å². The van der Waals surface area contributed by atoms with E-state index in [4.69, 9.17) is 11.5 Å². The number of anilines is 3. The summed E-state index contributed by atoms with van der Waals surface area (Å²) < 4.78 is 0. The number of hydrogen-bond donors (Lipinski definition) is 3. The number of nitrogens with two attached hydrogens (primary N) is 2. The van der Waals surface area contributed by atoms with Crippen LogP contribution in [0, 0.1) is 5.92 Å². The van der Waals surface area contributed by atoms with E-state index in [9.17, 15) is 0 Å². The van der Waals surface area contributed by atoms with Crippen LogP contribution in [-0.2, 0) is 0 Å². The van der Waals surface area contributed by atoms with Crippen LogP contribution in [0.5, 0.6) is 0 Å². The maximum absolute atomic E-state index is 5.69. The van der Waals surface area contributed by atoms with E-state index < -0.39 is 0 Å². The van der Waals surface area contributed by atoms with Crippen LogP contribution >= 0.6 is 0 Å². The lowest BCUT2D eigenvalue weighted by atomic mass is 10.2. The summed E-state index contributed by atoms with van der Waals surface area (Å²) in [6.45, 7) is 2.23. The molecule has 0 radical (unpaired) electrons. The van der Waals surface area contributed by atoms with Crippen LogP contribution in [0.15, 0.2) is 18.2 Å². The smallest absolute Gasteiger partial charge is 0.0568 e. The molecule has 2 unspecified atom stereocenters. The SMILES string of the molecule is CC1CC1Nc1ccc(N)c(N)c1. The predicted octanol–water partition coefficient (Wildman–Crippen LogP) is 1.67. The molecule has 0 bridgehead atoms. The van der Waals surface area contributed by atoms with Crippen molar-refractivity contribution < 1.29 is 0 Å². The molecule has 1 aromatic carbocycles. The summed E-state index contributed by atoms with van der Waals surface area (Å²) in [6.07, 6.45) is 1.25. The van der Waals surface area contributed by atoms with Crippen LogP contribution in [0.4, 0.5) is 17.1 Å². The molecule has 1 aromatic rings. The molecule has 3 nitrogen and oxygen atoms in total. The monoisotopic (exact) mass is 177 g/mol. The highest BCUT2D eigenvalue weighted by atomic mass is 15.0. The van der Waals surface area contributed by atoms with Crippen molar-refractivity contribution in [3.8, 4) is 0 Å². The Kier molecular flexibility index (Phi) is 1.79. The van der Waals surface area contributed by atoms with Crippen LogP contribution in [0.1, 0.15) is 13.3 Å². The molecular formula is C10H15N3. The van der Waals surface area contributed by atoms with Gasteiger partial charge in [0.2, 0.25) is 0 Å². The van der Waals surface area contributed by atoms with Crippen molar-refractivity contribution in [1.29, 1.82) is 0 Å². The fourth-order valence-corrected chi connectivity index (χ4v) is 1.40. The number of nitrogens with one attached hydrogen (secondary N) is 1. The molecule has 2 rings (SSSR count). The minimum atomic E-state index is 0.628. The summed E-state index contributed by atoms with van der Waals surface area (Å²) in [4.78, 5) is 0. The van der Waals surface area contributed by atoms with Gasteiger partial charge in [-0.3, -0.25) is 0 Å². The van der Waals surface area contributed by atoms with E-state index in [1.54, 1.807) is 0 Å². The minimum Gasteiger partial charge on any atom is -0.397 e. The molecule has 2 atom stereocenters. The molecule has 0 aromatic heterocycles. The molecule has 1 aliphatic rings. The number of nitrogen functional groups attached to an aromatic ring is 2. The van der Waals surface area contributed by atoms with Crippen LogP contribution in [0.2, 0.25) is 0 Å². The third-order valence-electron chi connectivity index (χ3n) is 2.55. The van der Waals surface area contributed by atoms with Gasteiger partial charge in [0.25, 0.3) is 0 Å². The van der Waals surface area contributed by atoms with E-state index in [-0.39, 0.29) is 0 Å². The first-order valence-corrected chi connectivity index (χ1v) is 4.58. The van der Waals surface area contributed by atoms with E-state index in [2.05, 4.69) is 12.2 Å². The topological polar surface area (TPSA) is 64.1 Å². The zero-order valence-electron chi connectivity index (χ0n) is 7.75. The molecule has 1 saturated carbocycles. The Labute approximate surface area is 78.1 Å². The van der Waals surface area contributed by atoms with Gasteiger partial charge in [0, 0.05) is 11.7 Å². The Hall–Kier alpha value is -1.38. The van der Waals surface area contributed by atoms with E-state index in [0.717, 1.165) is 11.6 Å². The Morgan fingerprint density at radius 3 is 2.54 bits per heavy atom. The second-order valence-electron chi connectivity index (χ2n) is 3.81. The second kappa shape index (κ2) is 2.83. The lowest BCUT2D eigenvalue weighted by Gasteiger charge is -2.07. The average Bonchev–Trinajstić information content (AvgIpc) is 2.75. The van der Waals surface area contributed by atoms with Gasteiger partial charge in [0.15, 0.2) is 0 Å². The molecule has 0 spiro atoms. The van der Waals surface area contributed by atoms with Crippen molar-refractivity contribution in [3.05, 3.63) is 18.2 Å². The third-order valence-corrected chi connectivity index (χ3v) is 2.55. The molecule has 0 amide bonds. The maximum atomic E-state index is 5.69. The molecule has 70 valence electrons. The lowest BCUT2D eigenvalue weighted by Crippen LogP contribution is -2.04. The van der Waals surface area contributed by atoms with E-state index in [0.29, 0.717) is 17.4 Å². The zero-order chi connectivity index (χ0) is 9.42. The van der Waals surface area contributed by atoms with Crippen LogP contribution in [0.3, 0.4) is 0 Å². The van der Waals surface area contributed by atoms with Gasteiger partial charge in [-0.25, -0.2) is 0 Å². The van der Waals surface area contributed by atoms with E-state index in [1.165, 1.54) is 6.42 Å². The molecule has 0 aliphatic heterocycles. The molecule has 0 saturated heterocycles. The molecule has 3 heteroatoms. The van der Waals surface area contributed by atoms with Gasteiger partial charge in [0.1, 0.15) is 0 Å². The summed E-state index contributed by atoms with van der Waals surface area (Å²) in [5, 5.41) is 3.40. The van der Waals surface area contributed by atoms with Gasteiger partial charge >= 0.3 is 0 Å². The molecule has 1 aliphatic carbocycles. The van der Waals surface area contributed by atoms with Crippen LogP contribution in [0.25, 0.3) is 0 Å². The fraction of sp³-hybridized carbons (Fsp3) is 0.400. The third kappa shape index (κ3) is 1.69.